The molecule has 34 heavy (non-hydrogen) atoms. The van der Waals surface area contributed by atoms with Gasteiger partial charge in [-0.05, 0) is 79.4 Å². The number of ether oxygens (including phenoxy) is 2. The molecule has 1 aliphatic heterocycles. The smallest absolute Gasteiger partial charge is 0.302 e. The summed E-state index contributed by atoms with van der Waals surface area (Å²) in [5, 5.41) is 22.5. The molecule has 0 radical (unpaired) electrons. The maximum absolute atomic E-state index is 12.4. The minimum absolute atomic E-state index is 0.0418. The van der Waals surface area contributed by atoms with Gasteiger partial charge >= 0.3 is 5.97 Å². The first-order valence-electron chi connectivity index (χ1n) is 14.0. The van der Waals surface area contributed by atoms with Crippen LogP contribution >= 0.6 is 0 Å². The summed E-state index contributed by atoms with van der Waals surface area (Å²) in [4.78, 5) is 12.4. The minimum atomic E-state index is -0.925. The molecule has 5 nitrogen and oxygen atoms in total. The van der Waals surface area contributed by atoms with Gasteiger partial charge in [-0.15, -0.1) is 0 Å². The lowest BCUT2D eigenvalue weighted by Gasteiger charge is -2.72. The van der Waals surface area contributed by atoms with Crippen LogP contribution in [-0.2, 0) is 14.3 Å². The molecule has 0 aromatic rings. The Balaban J connectivity index is 1.62. The maximum Gasteiger partial charge on any atom is 0.302 e. The minimum Gasteiger partial charge on any atom is -0.462 e. The molecule has 194 valence electrons. The van der Waals surface area contributed by atoms with Crippen LogP contribution in [0.4, 0.5) is 0 Å². The monoisotopic (exact) mass is 476 g/mol. The summed E-state index contributed by atoms with van der Waals surface area (Å²) in [7, 11) is 0. The van der Waals surface area contributed by atoms with Gasteiger partial charge in [-0.3, -0.25) is 4.79 Å². The van der Waals surface area contributed by atoms with Crippen LogP contribution in [0, 0.1) is 51.2 Å². The van der Waals surface area contributed by atoms with Gasteiger partial charge in [0.25, 0.3) is 0 Å². The first-order valence-corrected chi connectivity index (χ1v) is 14.0. The highest BCUT2D eigenvalue weighted by Gasteiger charge is 2.73. The highest BCUT2D eigenvalue weighted by atomic mass is 16.6. The van der Waals surface area contributed by atoms with Crippen LogP contribution in [0.3, 0.4) is 0 Å². The van der Waals surface area contributed by atoms with Gasteiger partial charge in [0.15, 0.2) is 6.29 Å². The largest absolute Gasteiger partial charge is 0.462 e. The molecule has 5 fully saturated rings. The quantitative estimate of drug-likeness (QED) is 0.528. The van der Waals surface area contributed by atoms with Crippen LogP contribution in [0.2, 0.25) is 0 Å². The van der Waals surface area contributed by atoms with Crippen molar-refractivity contribution in [2.45, 2.75) is 124 Å². The molecule has 5 rings (SSSR count). The van der Waals surface area contributed by atoms with Crippen molar-refractivity contribution >= 4 is 5.97 Å². The first-order chi connectivity index (χ1) is 15.8. The van der Waals surface area contributed by atoms with E-state index in [2.05, 4.69) is 34.6 Å². The van der Waals surface area contributed by atoms with Gasteiger partial charge in [0.05, 0.1) is 12.2 Å². The van der Waals surface area contributed by atoms with E-state index in [0.717, 1.165) is 12.8 Å². The molecule has 0 spiro atoms. The summed E-state index contributed by atoms with van der Waals surface area (Å²) in [5.41, 5.74) is 0.195. The lowest BCUT2D eigenvalue weighted by atomic mass is 9.33. The predicted octanol–water partition coefficient (Wildman–Crippen LogP) is 5.32. The summed E-state index contributed by atoms with van der Waals surface area (Å²) >= 11 is 0. The highest BCUT2D eigenvalue weighted by molar-refractivity contribution is 5.66. The lowest BCUT2D eigenvalue weighted by molar-refractivity contribution is -0.277. The van der Waals surface area contributed by atoms with Crippen molar-refractivity contribution in [3.8, 4) is 0 Å². The number of esters is 1. The topological polar surface area (TPSA) is 76.0 Å². The Bertz CT molecular complexity index is 829. The van der Waals surface area contributed by atoms with Gasteiger partial charge in [-0.25, -0.2) is 0 Å². The normalized spacial score (nSPS) is 58.8. The Hall–Kier alpha value is -0.650. The van der Waals surface area contributed by atoms with Crippen molar-refractivity contribution in [1.29, 1.82) is 0 Å². The van der Waals surface area contributed by atoms with E-state index >= 15 is 0 Å². The predicted molar refractivity (Wildman–Crippen MR) is 131 cm³/mol. The fraction of sp³-hybridized carbons (Fsp3) is 0.966. The zero-order valence-corrected chi connectivity index (χ0v) is 22.5. The van der Waals surface area contributed by atoms with E-state index in [1.807, 2.05) is 6.92 Å². The Morgan fingerprint density at radius 2 is 1.68 bits per heavy atom. The second-order valence-electron chi connectivity index (χ2n) is 13.9. The third-order valence-corrected chi connectivity index (χ3v) is 12.7. The Morgan fingerprint density at radius 3 is 2.32 bits per heavy atom. The molecular formula is C29H48O5. The fourth-order valence-corrected chi connectivity index (χ4v) is 11.2. The van der Waals surface area contributed by atoms with Gasteiger partial charge in [-0.1, -0.05) is 47.5 Å². The maximum atomic E-state index is 12.4. The van der Waals surface area contributed by atoms with Gasteiger partial charge in [0, 0.05) is 24.2 Å². The number of carbonyl (C=O) groups is 1. The van der Waals surface area contributed by atoms with E-state index in [4.69, 9.17) is 9.47 Å². The second kappa shape index (κ2) is 7.92. The average Bonchev–Trinajstić information content (AvgIpc) is 3.06. The van der Waals surface area contributed by atoms with Crippen molar-refractivity contribution < 1.29 is 24.5 Å². The number of aliphatic hydroxyl groups is 2. The standard InChI is InChI=1S/C29H48O5/c1-8-26(4)11-9-12-27(5)19(26)10-13-28(6)20(27)15-22(34-17(3)30)29(7)21(28)14-18(31)23-16(2)33-25(32)24(23)29/h16,18-25,31-32H,8-15H2,1-7H3/t16-,18-,19?,20?,21?,22?,23+,24?,25?,26-,27-,28+,29+/m0/s1. The fourth-order valence-electron chi connectivity index (χ4n) is 11.2. The van der Waals surface area contributed by atoms with E-state index in [9.17, 15) is 15.0 Å². The van der Waals surface area contributed by atoms with Gasteiger partial charge in [0.1, 0.15) is 6.10 Å². The van der Waals surface area contributed by atoms with E-state index in [1.165, 1.54) is 39.0 Å². The Morgan fingerprint density at radius 1 is 1.00 bits per heavy atom. The van der Waals surface area contributed by atoms with E-state index in [1.54, 1.807) is 0 Å². The van der Waals surface area contributed by atoms with Crippen molar-refractivity contribution in [2.24, 2.45) is 51.2 Å². The number of hydrogen-bond acceptors (Lipinski definition) is 5. The first kappa shape index (κ1) is 25.0. The summed E-state index contributed by atoms with van der Waals surface area (Å²) in [6.45, 7) is 15.6. The lowest BCUT2D eigenvalue weighted by Crippen LogP contribution is -2.69. The van der Waals surface area contributed by atoms with Crippen LogP contribution in [0.25, 0.3) is 0 Å². The van der Waals surface area contributed by atoms with Crippen molar-refractivity contribution in [1.82, 2.24) is 0 Å². The molecule has 2 N–H and O–H groups in total. The molecule has 0 bridgehead atoms. The summed E-state index contributed by atoms with van der Waals surface area (Å²) in [5.74, 6) is 0.706. The molecule has 4 saturated carbocycles. The van der Waals surface area contributed by atoms with Crippen LogP contribution in [0.15, 0.2) is 0 Å². The Labute approximate surface area is 206 Å². The van der Waals surface area contributed by atoms with E-state index in [0.29, 0.717) is 23.7 Å². The highest BCUT2D eigenvalue weighted by Crippen LogP contribution is 2.75. The van der Waals surface area contributed by atoms with Crippen LogP contribution in [0.1, 0.15) is 99.8 Å². The Kier molecular flexibility index (Phi) is 5.83. The molecule has 4 aliphatic carbocycles. The summed E-state index contributed by atoms with van der Waals surface area (Å²) < 4.78 is 12.1. The van der Waals surface area contributed by atoms with Gasteiger partial charge in [-0.2, -0.15) is 0 Å². The van der Waals surface area contributed by atoms with Crippen LogP contribution in [-0.4, -0.2) is 40.8 Å². The van der Waals surface area contributed by atoms with Gasteiger partial charge in [0.2, 0.25) is 0 Å². The van der Waals surface area contributed by atoms with E-state index < -0.39 is 17.8 Å². The molecule has 0 aromatic heterocycles. The molecule has 0 amide bonds. The number of fused-ring (bicyclic) bond motifs is 7. The third-order valence-electron chi connectivity index (χ3n) is 12.7. The molecule has 0 aromatic carbocycles. The number of carbonyl (C=O) groups excluding carboxylic acids is 1. The zero-order valence-electron chi connectivity index (χ0n) is 22.5. The number of aliphatic hydroxyl groups excluding tert-OH is 2. The molecule has 1 saturated heterocycles. The van der Waals surface area contributed by atoms with Gasteiger partial charge < -0.3 is 19.7 Å². The number of rotatable bonds is 2. The summed E-state index contributed by atoms with van der Waals surface area (Å²) in [6.07, 6.45) is 7.09. The molecule has 1 heterocycles. The molecule has 5 aliphatic rings. The number of hydrogen-bond donors (Lipinski definition) is 2. The van der Waals surface area contributed by atoms with Crippen LogP contribution in [0.5, 0.6) is 0 Å². The molecule has 6 unspecified atom stereocenters. The molecule has 5 heteroatoms. The summed E-state index contributed by atoms with van der Waals surface area (Å²) in [6, 6.07) is 0. The molecular weight excluding hydrogens is 428 g/mol. The average molecular weight is 477 g/mol. The van der Waals surface area contributed by atoms with E-state index in [-0.39, 0.29) is 46.8 Å². The molecule has 13 atom stereocenters. The van der Waals surface area contributed by atoms with Crippen molar-refractivity contribution in [3.63, 3.8) is 0 Å². The zero-order chi connectivity index (χ0) is 24.8. The van der Waals surface area contributed by atoms with Crippen molar-refractivity contribution in [2.75, 3.05) is 0 Å². The SMILES string of the molecule is CC[C@@]1(C)CCC[C@@]2(C)C1CC[C@]1(C)C2CC(OC(C)=O)[C@]2(C)C3C(O)O[C@@H](C)[C@@H]3[C@@H](O)CC12. The third kappa shape index (κ3) is 3.11. The van der Waals surface area contributed by atoms with Crippen molar-refractivity contribution in [3.05, 3.63) is 0 Å². The second-order valence-corrected chi connectivity index (χ2v) is 13.9. The van der Waals surface area contributed by atoms with Crippen LogP contribution < -0.4 is 0 Å².